The summed E-state index contributed by atoms with van der Waals surface area (Å²) in [5.41, 5.74) is 2.18. The maximum atomic E-state index is 12.8. The van der Waals surface area contributed by atoms with E-state index in [4.69, 9.17) is 0 Å². The van der Waals surface area contributed by atoms with Gasteiger partial charge in [-0.05, 0) is 68.6 Å². The lowest BCUT2D eigenvalue weighted by Crippen LogP contribution is -2.37. The van der Waals surface area contributed by atoms with E-state index in [0.717, 1.165) is 42.2 Å². The van der Waals surface area contributed by atoms with Crippen molar-refractivity contribution in [1.29, 1.82) is 0 Å². The molecule has 0 spiro atoms. The third kappa shape index (κ3) is 3.61. The van der Waals surface area contributed by atoms with E-state index in [1.165, 1.54) is 15.3 Å². The minimum atomic E-state index is -3.32. The second-order valence-electron chi connectivity index (χ2n) is 9.24. The topological polar surface area (TPSA) is 99.2 Å². The minimum Gasteiger partial charge on any atom is -0.389 e. The van der Waals surface area contributed by atoms with E-state index < -0.39 is 15.6 Å². The van der Waals surface area contributed by atoms with Gasteiger partial charge in [-0.25, -0.2) is 13.4 Å². The molecular weight excluding hydrogens is 400 g/mol. The molecule has 8 heteroatoms. The Morgan fingerprint density at radius 3 is 2.77 bits per heavy atom. The second-order valence-corrected chi connectivity index (χ2v) is 11.2. The molecule has 0 amide bonds. The van der Waals surface area contributed by atoms with E-state index in [9.17, 15) is 13.5 Å². The molecule has 1 aliphatic carbocycles. The fraction of sp³-hybridized carbons (Fsp3) is 0.545. The first-order chi connectivity index (χ1) is 14.3. The molecule has 3 aromatic heterocycles. The Morgan fingerprint density at radius 2 is 2.03 bits per heavy atom. The van der Waals surface area contributed by atoms with Crippen LogP contribution in [0.4, 0.5) is 0 Å². The van der Waals surface area contributed by atoms with Crippen LogP contribution in [0.3, 0.4) is 0 Å². The summed E-state index contributed by atoms with van der Waals surface area (Å²) in [5, 5.41) is 12.4. The molecule has 1 saturated carbocycles. The fourth-order valence-corrected chi connectivity index (χ4v) is 7.19. The highest BCUT2D eigenvalue weighted by molar-refractivity contribution is 7.89. The molecule has 0 aromatic carbocycles. The normalized spacial score (nSPS) is 28.5. The van der Waals surface area contributed by atoms with E-state index in [-0.39, 0.29) is 18.2 Å². The van der Waals surface area contributed by atoms with Gasteiger partial charge < -0.3 is 10.1 Å². The van der Waals surface area contributed by atoms with Gasteiger partial charge in [0.15, 0.2) is 0 Å². The number of aromatic amines is 1. The number of aliphatic hydroxyl groups is 1. The van der Waals surface area contributed by atoms with Crippen LogP contribution in [0.5, 0.6) is 0 Å². The first kappa shape index (κ1) is 19.9. The number of nitrogens with one attached hydrogen (secondary N) is 1. The lowest BCUT2D eigenvalue weighted by molar-refractivity contribution is 0.0762. The van der Waals surface area contributed by atoms with Gasteiger partial charge in [0.25, 0.3) is 0 Å². The number of H-pyrrole nitrogens is 1. The summed E-state index contributed by atoms with van der Waals surface area (Å²) < 4.78 is 27.1. The number of pyridine rings is 2. The molecule has 4 heterocycles. The predicted octanol–water partition coefficient (Wildman–Crippen LogP) is 3.17. The lowest BCUT2D eigenvalue weighted by atomic mass is 9.78. The number of sulfonamides is 1. The molecule has 30 heavy (non-hydrogen) atoms. The van der Waals surface area contributed by atoms with E-state index in [1.54, 1.807) is 6.92 Å². The molecule has 0 bridgehead atoms. The van der Waals surface area contributed by atoms with Gasteiger partial charge in [0.1, 0.15) is 5.65 Å². The Labute approximate surface area is 176 Å². The van der Waals surface area contributed by atoms with Crippen LogP contribution in [0.1, 0.15) is 50.5 Å². The number of fused-ring (bicyclic) bond motifs is 3. The van der Waals surface area contributed by atoms with E-state index in [2.05, 4.69) is 27.1 Å². The van der Waals surface area contributed by atoms with E-state index >= 15 is 0 Å². The first-order valence-corrected chi connectivity index (χ1v) is 12.3. The summed E-state index contributed by atoms with van der Waals surface area (Å²) >= 11 is 0. The van der Waals surface area contributed by atoms with Crippen LogP contribution < -0.4 is 0 Å². The first-order valence-electron chi connectivity index (χ1n) is 10.7. The van der Waals surface area contributed by atoms with E-state index in [1.807, 2.05) is 18.6 Å². The van der Waals surface area contributed by atoms with Gasteiger partial charge >= 0.3 is 0 Å². The van der Waals surface area contributed by atoms with Crippen molar-refractivity contribution in [2.75, 3.05) is 18.8 Å². The average Bonchev–Trinajstić information content (AvgIpc) is 3.34. The van der Waals surface area contributed by atoms with Crippen molar-refractivity contribution >= 4 is 32.0 Å². The lowest BCUT2D eigenvalue weighted by Gasteiger charge is -2.30. The summed E-state index contributed by atoms with van der Waals surface area (Å²) in [5.74, 6) is 0.778. The fourth-order valence-electron chi connectivity index (χ4n) is 5.20. The standard InChI is InChI=1S/C22H28N4O3S/c1-22(27)8-11-26(14-22)30(28,29)13-15-2-4-16(5-3-15)17-6-9-23-19-12-25-21-18(20(17)19)7-10-24-21/h6-7,9-10,12,15-16,27H,2-5,8,11,13-14H2,1H3,(H,24,25). The second kappa shape index (κ2) is 7.28. The van der Waals surface area contributed by atoms with Crippen molar-refractivity contribution in [3.63, 3.8) is 0 Å². The molecule has 2 aliphatic rings. The predicted molar refractivity (Wildman–Crippen MR) is 117 cm³/mol. The number of hydrogen-bond acceptors (Lipinski definition) is 5. The van der Waals surface area contributed by atoms with Gasteiger partial charge in [0.2, 0.25) is 10.0 Å². The van der Waals surface area contributed by atoms with Crippen LogP contribution in [-0.4, -0.2) is 57.2 Å². The zero-order chi connectivity index (χ0) is 20.9. The zero-order valence-corrected chi connectivity index (χ0v) is 18.0. The van der Waals surface area contributed by atoms with Gasteiger partial charge in [0.05, 0.1) is 23.1 Å². The SMILES string of the molecule is CC1(O)CCN(S(=O)(=O)CC2CCC(c3ccnc4cnc5[nH]ccc5c34)CC2)C1. The summed E-state index contributed by atoms with van der Waals surface area (Å²) in [6.07, 6.45) is 9.85. The van der Waals surface area contributed by atoms with Gasteiger partial charge in [-0.1, -0.05) is 0 Å². The smallest absolute Gasteiger partial charge is 0.214 e. The Balaban J connectivity index is 1.32. The van der Waals surface area contributed by atoms with Crippen LogP contribution in [0.25, 0.3) is 21.9 Å². The van der Waals surface area contributed by atoms with Crippen LogP contribution in [0.15, 0.2) is 30.7 Å². The van der Waals surface area contributed by atoms with Crippen molar-refractivity contribution in [1.82, 2.24) is 19.3 Å². The number of hydrogen-bond donors (Lipinski definition) is 2. The van der Waals surface area contributed by atoms with E-state index in [0.29, 0.717) is 18.9 Å². The molecule has 5 rings (SSSR count). The molecule has 2 N–H and O–H groups in total. The highest BCUT2D eigenvalue weighted by Crippen LogP contribution is 2.40. The van der Waals surface area contributed by atoms with Crippen LogP contribution >= 0.6 is 0 Å². The van der Waals surface area contributed by atoms with Crippen molar-refractivity contribution in [2.45, 2.75) is 50.5 Å². The van der Waals surface area contributed by atoms with Crippen LogP contribution in [-0.2, 0) is 10.0 Å². The third-order valence-corrected chi connectivity index (χ3v) is 8.86. The summed E-state index contributed by atoms with van der Waals surface area (Å²) in [6.45, 7) is 2.35. The largest absolute Gasteiger partial charge is 0.389 e. The number of aromatic nitrogens is 3. The Bertz CT molecular complexity index is 1180. The highest BCUT2D eigenvalue weighted by Gasteiger charge is 2.39. The maximum absolute atomic E-state index is 12.8. The Morgan fingerprint density at radius 1 is 1.23 bits per heavy atom. The third-order valence-electron chi connectivity index (χ3n) is 6.87. The quantitative estimate of drug-likeness (QED) is 0.665. The molecular formula is C22H28N4O3S. The van der Waals surface area contributed by atoms with Crippen LogP contribution in [0.2, 0.25) is 0 Å². The highest BCUT2D eigenvalue weighted by atomic mass is 32.2. The summed E-state index contributed by atoms with van der Waals surface area (Å²) in [7, 11) is -3.32. The Kier molecular flexibility index (Phi) is 4.83. The molecule has 1 saturated heterocycles. The Hall–Kier alpha value is -2.03. The minimum absolute atomic E-state index is 0.179. The number of rotatable bonds is 4. The molecule has 1 unspecified atom stereocenters. The van der Waals surface area contributed by atoms with Gasteiger partial charge in [-0.2, -0.15) is 4.31 Å². The molecule has 3 aromatic rings. The zero-order valence-electron chi connectivity index (χ0n) is 17.2. The van der Waals surface area contributed by atoms with Crippen molar-refractivity contribution in [3.8, 4) is 0 Å². The molecule has 1 atom stereocenters. The van der Waals surface area contributed by atoms with Crippen LogP contribution in [0, 0.1) is 5.92 Å². The monoisotopic (exact) mass is 428 g/mol. The van der Waals surface area contributed by atoms with Gasteiger partial charge in [-0.15, -0.1) is 0 Å². The maximum Gasteiger partial charge on any atom is 0.214 e. The molecule has 0 radical (unpaired) electrons. The molecule has 1 aliphatic heterocycles. The summed E-state index contributed by atoms with van der Waals surface area (Å²) in [4.78, 5) is 12.1. The number of β-amino-alcohol motifs (C(OH)–C–C–N with tert-alkyl or cyclic N) is 1. The van der Waals surface area contributed by atoms with Gasteiger partial charge in [-0.3, -0.25) is 4.98 Å². The molecule has 7 nitrogen and oxygen atoms in total. The van der Waals surface area contributed by atoms with Gasteiger partial charge in [0, 0.05) is 36.3 Å². The van der Waals surface area contributed by atoms with Crippen molar-refractivity contribution < 1.29 is 13.5 Å². The van der Waals surface area contributed by atoms with Crippen molar-refractivity contribution in [2.24, 2.45) is 5.92 Å². The molecule has 2 fully saturated rings. The average molecular weight is 429 g/mol. The molecule has 160 valence electrons. The summed E-state index contributed by atoms with van der Waals surface area (Å²) in [6, 6.07) is 4.17. The number of nitrogens with zero attached hydrogens (tertiary/aromatic N) is 3. The van der Waals surface area contributed by atoms with Crippen molar-refractivity contribution in [3.05, 3.63) is 36.3 Å².